The third-order valence-corrected chi connectivity index (χ3v) is 4.09. The largest absolute Gasteiger partial charge is 0.364 e. The number of carbonyl (C=O) groups is 1. The molecule has 1 unspecified atom stereocenters. The molecule has 1 N–H and O–H groups in total. The van der Waals surface area contributed by atoms with Gasteiger partial charge in [-0.3, -0.25) is 4.79 Å². The zero-order valence-electron chi connectivity index (χ0n) is 14.1. The number of halogens is 1. The Bertz CT molecular complexity index is 722. The second-order valence-electron chi connectivity index (χ2n) is 7.03. The maximum atomic E-state index is 13.0. The molecule has 6 heteroatoms. The summed E-state index contributed by atoms with van der Waals surface area (Å²) in [6.45, 7) is 6.75. The molecule has 5 nitrogen and oxygen atoms in total. The molecule has 1 atom stereocenters. The van der Waals surface area contributed by atoms with Gasteiger partial charge >= 0.3 is 0 Å². The van der Waals surface area contributed by atoms with Gasteiger partial charge in [-0.05, 0) is 57.2 Å². The van der Waals surface area contributed by atoms with Gasteiger partial charge in [-0.15, -0.1) is 10.2 Å². The van der Waals surface area contributed by atoms with Crippen molar-refractivity contribution in [3.8, 4) is 11.3 Å². The zero-order chi connectivity index (χ0) is 17.3. The molecule has 0 saturated carbocycles. The first-order valence-electron chi connectivity index (χ1n) is 7.99. The highest BCUT2D eigenvalue weighted by Crippen LogP contribution is 2.24. The van der Waals surface area contributed by atoms with Crippen molar-refractivity contribution in [2.24, 2.45) is 0 Å². The van der Waals surface area contributed by atoms with Crippen LogP contribution in [-0.4, -0.2) is 39.1 Å². The molecule has 1 amide bonds. The summed E-state index contributed by atoms with van der Waals surface area (Å²) in [5.74, 6) is 0.504. The number of carbonyl (C=O) groups excluding carboxylic acids is 1. The molecule has 1 aliphatic rings. The molecule has 1 aliphatic heterocycles. The van der Waals surface area contributed by atoms with Crippen LogP contribution in [0.15, 0.2) is 36.4 Å². The highest BCUT2D eigenvalue weighted by Gasteiger charge is 2.36. The topological polar surface area (TPSA) is 58.1 Å². The van der Waals surface area contributed by atoms with Crippen LogP contribution in [0.1, 0.15) is 27.2 Å². The molecule has 1 aromatic carbocycles. The van der Waals surface area contributed by atoms with E-state index in [0.717, 1.165) is 5.56 Å². The quantitative estimate of drug-likeness (QED) is 0.940. The molecule has 3 rings (SSSR count). The molecular weight excluding hydrogens is 307 g/mol. The van der Waals surface area contributed by atoms with Crippen molar-refractivity contribution in [2.45, 2.75) is 38.8 Å². The predicted octanol–water partition coefficient (Wildman–Crippen LogP) is 3.09. The lowest BCUT2D eigenvalue weighted by molar-refractivity contribution is -0.131. The third kappa shape index (κ3) is 3.53. The summed E-state index contributed by atoms with van der Waals surface area (Å²) < 4.78 is 13.0. The van der Waals surface area contributed by atoms with Crippen LogP contribution in [0.25, 0.3) is 11.3 Å². The van der Waals surface area contributed by atoms with Gasteiger partial charge < -0.3 is 10.2 Å². The maximum Gasteiger partial charge on any atom is 0.225 e. The van der Waals surface area contributed by atoms with Crippen molar-refractivity contribution in [1.82, 2.24) is 15.1 Å². The monoisotopic (exact) mass is 328 g/mol. The Morgan fingerprint density at radius 1 is 1.12 bits per heavy atom. The number of nitrogens with zero attached hydrogens (tertiary/aromatic N) is 3. The normalized spacial score (nSPS) is 18.1. The fourth-order valence-corrected chi connectivity index (χ4v) is 2.85. The molecule has 0 aliphatic carbocycles. The van der Waals surface area contributed by atoms with Crippen LogP contribution in [0.5, 0.6) is 0 Å². The van der Waals surface area contributed by atoms with E-state index in [4.69, 9.17) is 0 Å². The van der Waals surface area contributed by atoms with Gasteiger partial charge in [-0.2, -0.15) is 0 Å². The first-order chi connectivity index (χ1) is 11.3. The minimum Gasteiger partial charge on any atom is -0.364 e. The third-order valence-electron chi connectivity index (χ3n) is 4.09. The molecule has 1 saturated heterocycles. The maximum absolute atomic E-state index is 13.0. The van der Waals surface area contributed by atoms with E-state index in [1.807, 2.05) is 37.8 Å². The average molecular weight is 328 g/mol. The first kappa shape index (κ1) is 16.4. The van der Waals surface area contributed by atoms with Crippen molar-refractivity contribution in [3.05, 3.63) is 42.2 Å². The number of nitrogens with one attached hydrogen (secondary N) is 1. The summed E-state index contributed by atoms with van der Waals surface area (Å²) in [6.07, 6.45) is 0.457. The van der Waals surface area contributed by atoms with Crippen molar-refractivity contribution < 1.29 is 9.18 Å². The predicted molar refractivity (Wildman–Crippen MR) is 90.9 cm³/mol. The lowest BCUT2D eigenvalue weighted by Crippen LogP contribution is -2.43. The van der Waals surface area contributed by atoms with Gasteiger partial charge in [-0.25, -0.2) is 4.39 Å². The van der Waals surface area contributed by atoms with E-state index in [9.17, 15) is 9.18 Å². The SMILES string of the molecule is CC(C)(C)N1CC(Nc2ccc(-c3ccc(F)cc3)nn2)CC1=O. The van der Waals surface area contributed by atoms with E-state index in [-0.39, 0.29) is 23.3 Å². The Morgan fingerprint density at radius 3 is 2.38 bits per heavy atom. The van der Waals surface area contributed by atoms with Crippen molar-refractivity contribution in [3.63, 3.8) is 0 Å². The number of anilines is 1. The smallest absolute Gasteiger partial charge is 0.225 e. The molecule has 0 radical (unpaired) electrons. The molecule has 2 aromatic rings. The summed E-state index contributed by atoms with van der Waals surface area (Å²) in [7, 11) is 0. The number of aromatic nitrogens is 2. The number of likely N-dealkylation sites (tertiary alicyclic amines) is 1. The van der Waals surface area contributed by atoms with Crippen LogP contribution >= 0.6 is 0 Å². The van der Waals surface area contributed by atoms with Gasteiger partial charge in [0.25, 0.3) is 0 Å². The van der Waals surface area contributed by atoms with Gasteiger partial charge in [0.2, 0.25) is 5.91 Å². The van der Waals surface area contributed by atoms with Gasteiger partial charge in [0.1, 0.15) is 11.6 Å². The van der Waals surface area contributed by atoms with E-state index in [0.29, 0.717) is 24.5 Å². The van der Waals surface area contributed by atoms with Gasteiger partial charge in [0.05, 0.1) is 11.7 Å². The molecular formula is C18H21FN4O. The van der Waals surface area contributed by atoms with Gasteiger partial charge in [-0.1, -0.05) is 0 Å². The average Bonchev–Trinajstić information content (AvgIpc) is 2.90. The lowest BCUT2D eigenvalue weighted by Gasteiger charge is -2.32. The summed E-state index contributed by atoms with van der Waals surface area (Å²) in [6, 6.07) is 9.83. The molecule has 0 bridgehead atoms. The lowest BCUT2D eigenvalue weighted by atomic mass is 10.1. The number of amides is 1. The Balaban J connectivity index is 1.67. The molecule has 1 fully saturated rings. The Morgan fingerprint density at radius 2 is 1.83 bits per heavy atom. The molecule has 126 valence electrons. The van der Waals surface area contributed by atoms with E-state index < -0.39 is 0 Å². The Hall–Kier alpha value is -2.50. The van der Waals surface area contributed by atoms with Crippen LogP contribution in [0.3, 0.4) is 0 Å². The highest BCUT2D eigenvalue weighted by atomic mass is 19.1. The molecule has 2 heterocycles. The van der Waals surface area contributed by atoms with E-state index >= 15 is 0 Å². The second kappa shape index (κ2) is 6.19. The summed E-state index contributed by atoms with van der Waals surface area (Å²) in [5.41, 5.74) is 1.32. The Labute approximate surface area is 140 Å². The van der Waals surface area contributed by atoms with Crippen LogP contribution in [-0.2, 0) is 4.79 Å². The van der Waals surface area contributed by atoms with Crippen LogP contribution in [0.4, 0.5) is 10.2 Å². The van der Waals surface area contributed by atoms with E-state index in [2.05, 4.69) is 15.5 Å². The fourth-order valence-electron chi connectivity index (χ4n) is 2.85. The van der Waals surface area contributed by atoms with Gasteiger partial charge in [0.15, 0.2) is 0 Å². The number of rotatable bonds is 3. The number of hydrogen-bond donors (Lipinski definition) is 1. The zero-order valence-corrected chi connectivity index (χ0v) is 14.1. The first-order valence-corrected chi connectivity index (χ1v) is 7.99. The molecule has 24 heavy (non-hydrogen) atoms. The number of hydrogen-bond acceptors (Lipinski definition) is 4. The summed E-state index contributed by atoms with van der Waals surface area (Å²) in [4.78, 5) is 14.0. The Kier molecular flexibility index (Phi) is 4.22. The minimum absolute atomic E-state index is 0.0303. The molecule has 1 aromatic heterocycles. The summed E-state index contributed by atoms with van der Waals surface area (Å²) >= 11 is 0. The second-order valence-corrected chi connectivity index (χ2v) is 7.03. The standard InChI is InChI=1S/C18H21FN4O/c1-18(2,3)23-11-14(10-17(23)24)20-16-9-8-15(21-22-16)12-4-6-13(19)7-5-12/h4-9,14H,10-11H2,1-3H3,(H,20,22). The van der Waals surface area contributed by atoms with Crippen molar-refractivity contribution in [2.75, 3.05) is 11.9 Å². The number of benzene rings is 1. The van der Waals surface area contributed by atoms with Gasteiger partial charge in [0, 0.05) is 24.1 Å². The van der Waals surface area contributed by atoms with Crippen LogP contribution in [0, 0.1) is 5.82 Å². The fraction of sp³-hybridized carbons (Fsp3) is 0.389. The van der Waals surface area contributed by atoms with Crippen molar-refractivity contribution in [1.29, 1.82) is 0 Å². The highest BCUT2D eigenvalue weighted by molar-refractivity contribution is 5.80. The van der Waals surface area contributed by atoms with Crippen LogP contribution < -0.4 is 5.32 Å². The van der Waals surface area contributed by atoms with E-state index in [1.54, 1.807) is 12.1 Å². The minimum atomic E-state index is -0.278. The molecule has 0 spiro atoms. The van der Waals surface area contributed by atoms with E-state index in [1.165, 1.54) is 12.1 Å². The summed E-state index contributed by atoms with van der Waals surface area (Å²) in [5, 5.41) is 11.6. The van der Waals surface area contributed by atoms with Crippen LogP contribution in [0.2, 0.25) is 0 Å². The van der Waals surface area contributed by atoms with Crippen molar-refractivity contribution >= 4 is 11.7 Å².